The van der Waals surface area contributed by atoms with Gasteiger partial charge in [-0.2, -0.15) is 0 Å². The Bertz CT molecular complexity index is 314. The Morgan fingerprint density at radius 2 is 2.06 bits per heavy atom. The molecule has 2 N–H and O–H groups in total. The molecule has 0 aromatic rings. The number of likely N-dealkylation sites (tertiary alicyclic amines) is 1. The van der Waals surface area contributed by atoms with Crippen molar-refractivity contribution in [1.29, 1.82) is 0 Å². The van der Waals surface area contributed by atoms with Crippen LogP contribution in [0.3, 0.4) is 0 Å². The SMILES string of the molecule is C#C[C@H](C)NC(=O)C1CCN(C(=O)O)CC1. The summed E-state index contributed by atoms with van der Waals surface area (Å²) in [5.41, 5.74) is 0. The monoisotopic (exact) mass is 224 g/mol. The lowest BCUT2D eigenvalue weighted by molar-refractivity contribution is -0.126. The summed E-state index contributed by atoms with van der Waals surface area (Å²) in [4.78, 5) is 23.7. The molecule has 0 aliphatic carbocycles. The zero-order valence-corrected chi connectivity index (χ0v) is 9.27. The summed E-state index contributed by atoms with van der Waals surface area (Å²) in [6.45, 7) is 2.57. The van der Waals surface area contributed by atoms with E-state index in [0.717, 1.165) is 0 Å². The van der Waals surface area contributed by atoms with Gasteiger partial charge in [-0.15, -0.1) is 6.42 Å². The minimum Gasteiger partial charge on any atom is -0.465 e. The van der Waals surface area contributed by atoms with E-state index in [-0.39, 0.29) is 17.9 Å². The van der Waals surface area contributed by atoms with Gasteiger partial charge in [0, 0.05) is 19.0 Å². The Morgan fingerprint density at radius 1 is 1.50 bits per heavy atom. The van der Waals surface area contributed by atoms with Gasteiger partial charge in [0.1, 0.15) is 0 Å². The average Bonchev–Trinajstić information content (AvgIpc) is 2.28. The first-order valence-corrected chi connectivity index (χ1v) is 5.29. The molecule has 0 spiro atoms. The van der Waals surface area contributed by atoms with Crippen molar-refractivity contribution in [3.8, 4) is 12.3 Å². The van der Waals surface area contributed by atoms with Gasteiger partial charge in [-0.05, 0) is 19.8 Å². The van der Waals surface area contributed by atoms with Crippen molar-refractivity contribution in [2.75, 3.05) is 13.1 Å². The minimum atomic E-state index is -0.921. The summed E-state index contributed by atoms with van der Waals surface area (Å²) < 4.78 is 0. The second-order valence-electron chi connectivity index (χ2n) is 3.94. The number of rotatable bonds is 2. The van der Waals surface area contributed by atoms with E-state index in [1.54, 1.807) is 6.92 Å². The molecular formula is C11H16N2O3. The maximum absolute atomic E-state index is 11.7. The van der Waals surface area contributed by atoms with Crippen molar-refractivity contribution in [2.45, 2.75) is 25.8 Å². The molecule has 1 aliphatic rings. The molecule has 5 heteroatoms. The predicted molar refractivity (Wildman–Crippen MR) is 58.8 cm³/mol. The summed E-state index contributed by atoms with van der Waals surface area (Å²) in [5.74, 6) is 2.23. The van der Waals surface area contributed by atoms with Gasteiger partial charge in [0.2, 0.25) is 5.91 Å². The first-order valence-electron chi connectivity index (χ1n) is 5.29. The third-order valence-corrected chi connectivity index (χ3v) is 2.75. The zero-order chi connectivity index (χ0) is 12.1. The van der Waals surface area contributed by atoms with Crippen LogP contribution >= 0.6 is 0 Å². The quantitative estimate of drug-likeness (QED) is 0.672. The summed E-state index contributed by atoms with van der Waals surface area (Å²) >= 11 is 0. The molecule has 1 saturated heterocycles. The van der Waals surface area contributed by atoms with Crippen LogP contribution in [0.25, 0.3) is 0 Å². The fraction of sp³-hybridized carbons (Fsp3) is 0.636. The zero-order valence-electron chi connectivity index (χ0n) is 9.27. The van der Waals surface area contributed by atoms with Crippen LogP contribution in [0.1, 0.15) is 19.8 Å². The Morgan fingerprint density at radius 3 is 2.50 bits per heavy atom. The number of hydrogen-bond donors (Lipinski definition) is 2. The molecule has 1 heterocycles. The van der Waals surface area contributed by atoms with Gasteiger partial charge in [-0.25, -0.2) is 4.79 Å². The maximum Gasteiger partial charge on any atom is 0.407 e. The number of amides is 2. The van der Waals surface area contributed by atoms with Gasteiger partial charge in [-0.1, -0.05) is 5.92 Å². The fourth-order valence-electron chi connectivity index (χ4n) is 1.71. The number of carboxylic acid groups (broad SMARTS) is 1. The molecule has 2 amide bonds. The molecule has 0 radical (unpaired) electrons. The van der Waals surface area contributed by atoms with Gasteiger partial charge < -0.3 is 15.3 Å². The van der Waals surface area contributed by atoms with Gasteiger partial charge in [-0.3, -0.25) is 4.79 Å². The van der Waals surface area contributed by atoms with Gasteiger partial charge in [0.15, 0.2) is 0 Å². The van der Waals surface area contributed by atoms with Crippen molar-refractivity contribution in [1.82, 2.24) is 10.2 Å². The van der Waals surface area contributed by atoms with E-state index in [1.807, 2.05) is 0 Å². The highest BCUT2D eigenvalue weighted by Gasteiger charge is 2.27. The van der Waals surface area contributed by atoms with Crippen molar-refractivity contribution in [2.24, 2.45) is 5.92 Å². The van der Waals surface area contributed by atoms with Gasteiger partial charge >= 0.3 is 6.09 Å². The van der Waals surface area contributed by atoms with Crippen molar-refractivity contribution < 1.29 is 14.7 Å². The number of piperidine rings is 1. The highest BCUT2D eigenvalue weighted by atomic mass is 16.4. The first-order chi connectivity index (χ1) is 7.54. The van der Waals surface area contributed by atoms with E-state index < -0.39 is 6.09 Å². The number of carbonyl (C=O) groups excluding carboxylic acids is 1. The average molecular weight is 224 g/mol. The Hall–Kier alpha value is -1.70. The van der Waals surface area contributed by atoms with Crippen molar-refractivity contribution >= 4 is 12.0 Å². The lowest BCUT2D eigenvalue weighted by Crippen LogP contribution is -2.44. The Labute approximate surface area is 94.8 Å². The Balaban J connectivity index is 2.39. The second kappa shape index (κ2) is 5.40. The number of carbonyl (C=O) groups is 2. The van der Waals surface area contributed by atoms with E-state index in [2.05, 4.69) is 11.2 Å². The number of nitrogens with zero attached hydrogens (tertiary/aromatic N) is 1. The van der Waals surface area contributed by atoms with E-state index in [1.165, 1.54) is 4.90 Å². The van der Waals surface area contributed by atoms with Crippen molar-refractivity contribution in [3.63, 3.8) is 0 Å². The molecule has 0 bridgehead atoms. The predicted octanol–water partition coefficient (Wildman–Crippen LogP) is 0.514. The van der Waals surface area contributed by atoms with E-state index >= 15 is 0 Å². The van der Waals surface area contributed by atoms with Crippen molar-refractivity contribution in [3.05, 3.63) is 0 Å². The van der Waals surface area contributed by atoms with Gasteiger partial charge in [0.25, 0.3) is 0 Å². The summed E-state index contributed by atoms with van der Waals surface area (Å²) in [5, 5.41) is 11.4. The van der Waals surface area contributed by atoms with Crippen LogP contribution in [-0.4, -0.2) is 41.1 Å². The van der Waals surface area contributed by atoms with Crippen LogP contribution in [0.2, 0.25) is 0 Å². The minimum absolute atomic E-state index is 0.0736. The second-order valence-corrected chi connectivity index (χ2v) is 3.94. The standard InChI is InChI=1S/C11H16N2O3/c1-3-8(2)12-10(14)9-4-6-13(7-5-9)11(15)16/h1,8-9H,4-7H2,2H3,(H,12,14)(H,15,16)/t8-/m0/s1. The van der Waals surface area contributed by atoms with Crippen LogP contribution in [-0.2, 0) is 4.79 Å². The molecule has 0 aromatic carbocycles. The van der Waals surface area contributed by atoms with E-state index in [0.29, 0.717) is 25.9 Å². The third-order valence-electron chi connectivity index (χ3n) is 2.75. The van der Waals surface area contributed by atoms with E-state index in [9.17, 15) is 9.59 Å². The number of nitrogens with one attached hydrogen (secondary N) is 1. The summed E-state index contributed by atoms with van der Waals surface area (Å²) in [6.07, 6.45) is 5.37. The molecule has 5 nitrogen and oxygen atoms in total. The topological polar surface area (TPSA) is 69.6 Å². The molecule has 0 unspecified atom stereocenters. The number of terminal acetylenes is 1. The third kappa shape index (κ3) is 3.16. The number of hydrogen-bond acceptors (Lipinski definition) is 2. The Kier molecular flexibility index (Phi) is 4.18. The van der Waals surface area contributed by atoms with E-state index in [4.69, 9.17) is 11.5 Å². The molecule has 1 fully saturated rings. The van der Waals surface area contributed by atoms with Crippen LogP contribution in [0, 0.1) is 18.3 Å². The van der Waals surface area contributed by atoms with Gasteiger partial charge in [0.05, 0.1) is 6.04 Å². The first kappa shape index (κ1) is 12.4. The maximum atomic E-state index is 11.7. The molecule has 88 valence electrons. The normalized spacial score (nSPS) is 18.6. The molecule has 1 atom stereocenters. The molecule has 0 saturated carbocycles. The van der Waals surface area contributed by atoms with Crippen LogP contribution < -0.4 is 5.32 Å². The summed E-state index contributed by atoms with van der Waals surface area (Å²) in [7, 11) is 0. The smallest absolute Gasteiger partial charge is 0.407 e. The highest BCUT2D eigenvalue weighted by molar-refractivity contribution is 5.79. The molecule has 1 rings (SSSR count). The molecule has 1 aliphatic heterocycles. The largest absolute Gasteiger partial charge is 0.465 e. The van der Waals surface area contributed by atoms with Crippen LogP contribution in [0.4, 0.5) is 4.79 Å². The summed E-state index contributed by atoms with van der Waals surface area (Å²) in [6, 6.07) is -0.273. The van der Waals surface area contributed by atoms with Crippen LogP contribution in [0.5, 0.6) is 0 Å². The lowest BCUT2D eigenvalue weighted by atomic mass is 9.96. The highest BCUT2D eigenvalue weighted by Crippen LogP contribution is 2.17. The fourth-order valence-corrected chi connectivity index (χ4v) is 1.71. The molecular weight excluding hydrogens is 208 g/mol. The van der Waals surface area contributed by atoms with Crippen LogP contribution in [0.15, 0.2) is 0 Å². The lowest BCUT2D eigenvalue weighted by Gasteiger charge is -2.29. The molecule has 16 heavy (non-hydrogen) atoms. The molecule has 0 aromatic heterocycles.